The van der Waals surface area contributed by atoms with Crippen LogP contribution in [0.2, 0.25) is 0 Å². The maximum Gasteiger partial charge on any atom is 0.490 e. The zero-order chi connectivity index (χ0) is 24.8. The number of rotatable bonds is 8. The molecular formula is C19H28F6N2O3. The molecule has 0 aromatic rings. The Morgan fingerprint density at radius 2 is 1.23 bits per heavy atom. The summed E-state index contributed by atoms with van der Waals surface area (Å²) in [5.41, 5.74) is 0. The highest BCUT2D eigenvalue weighted by Gasteiger charge is 2.41. The first kappa shape index (κ1) is 34.5. The van der Waals surface area contributed by atoms with Crippen LogP contribution in [0.15, 0.2) is 50.6 Å². The molecule has 30 heavy (non-hydrogen) atoms. The van der Waals surface area contributed by atoms with Crippen molar-refractivity contribution in [2.75, 3.05) is 26.2 Å². The lowest BCUT2D eigenvalue weighted by Crippen LogP contribution is -2.41. The topological polar surface area (TPSA) is 69.6 Å². The van der Waals surface area contributed by atoms with Gasteiger partial charge in [-0.05, 0) is 0 Å². The number of carboxylic acids is 1. The van der Waals surface area contributed by atoms with E-state index < -0.39 is 24.2 Å². The van der Waals surface area contributed by atoms with Crippen molar-refractivity contribution in [3.8, 4) is 12.8 Å². The van der Waals surface area contributed by atoms with E-state index in [1.54, 1.807) is 0 Å². The minimum absolute atomic E-state index is 0. The van der Waals surface area contributed by atoms with E-state index in [4.69, 9.17) is 11.3 Å². The van der Waals surface area contributed by atoms with Crippen molar-refractivity contribution in [2.24, 2.45) is 0 Å². The Bertz CT molecular complexity index is 552. The average molecular weight is 447 g/mol. The molecule has 0 atom stereocenters. The van der Waals surface area contributed by atoms with Gasteiger partial charge in [0.2, 0.25) is 0 Å². The first-order valence-corrected chi connectivity index (χ1v) is 7.38. The number of carbonyl (C=O) groups excluding carboxylic acids is 1. The third-order valence-corrected chi connectivity index (χ3v) is 2.05. The smallest absolute Gasteiger partial charge is 0.475 e. The van der Waals surface area contributed by atoms with Crippen LogP contribution in [0.4, 0.5) is 26.3 Å². The molecular weight excluding hydrogens is 418 g/mol. The highest BCUT2D eigenvalue weighted by molar-refractivity contribution is 5.82. The van der Waals surface area contributed by atoms with Crippen molar-refractivity contribution < 1.29 is 42.4 Å². The molecule has 0 heterocycles. The Morgan fingerprint density at radius 3 is 1.40 bits per heavy atom. The molecule has 0 aliphatic rings. The van der Waals surface area contributed by atoms with Crippen molar-refractivity contribution in [2.45, 2.75) is 19.8 Å². The molecule has 0 radical (unpaired) electrons. The van der Waals surface area contributed by atoms with E-state index in [-0.39, 0.29) is 20.5 Å². The van der Waals surface area contributed by atoms with Gasteiger partial charge in [0, 0.05) is 26.2 Å². The summed E-state index contributed by atoms with van der Waals surface area (Å²) in [6.45, 7) is 15.0. The van der Waals surface area contributed by atoms with Gasteiger partial charge in [0.05, 0.1) is 0 Å². The van der Waals surface area contributed by atoms with Gasteiger partial charge in [-0.2, -0.15) is 26.3 Å². The highest BCUT2D eigenvalue weighted by Crippen LogP contribution is 2.18. The molecule has 5 nitrogen and oxygen atoms in total. The Balaban J connectivity index is -0.000000107. The van der Waals surface area contributed by atoms with Crippen molar-refractivity contribution in [3.05, 3.63) is 50.6 Å². The predicted octanol–water partition coefficient (Wildman–Crippen LogP) is 4.22. The van der Waals surface area contributed by atoms with Crippen LogP contribution >= 0.6 is 0 Å². The van der Waals surface area contributed by atoms with Gasteiger partial charge < -0.3 is 15.3 Å². The second-order valence-corrected chi connectivity index (χ2v) is 4.32. The zero-order valence-electron chi connectivity index (χ0n) is 16.5. The van der Waals surface area contributed by atoms with Gasteiger partial charge in [-0.3, -0.25) is 4.79 Å². The zero-order valence-corrected chi connectivity index (χ0v) is 15.5. The second kappa shape index (κ2) is 22.3. The lowest BCUT2D eigenvalue weighted by molar-refractivity contribution is -0.192. The van der Waals surface area contributed by atoms with E-state index in [0.717, 1.165) is 13.1 Å². The largest absolute Gasteiger partial charge is 0.490 e. The average Bonchev–Trinajstić information content (AvgIpc) is 2.61. The predicted molar refractivity (Wildman–Crippen MR) is 107 cm³/mol. The molecule has 0 spiro atoms. The molecule has 0 aromatic heterocycles. The maximum absolute atomic E-state index is 11.9. The highest BCUT2D eigenvalue weighted by atomic mass is 19.4. The van der Waals surface area contributed by atoms with E-state index in [2.05, 4.69) is 38.1 Å². The van der Waals surface area contributed by atoms with Gasteiger partial charge in [0.1, 0.15) is 1.37 Å². The second-order valence-electron chi connectivity index (χ2n) is 4.32. The van der Waals surface area contributed by atoms with Crippen molar-refractivity contribution in [1.82, 2.24) is 10.2 Å². The molecule has 0 fully saturated rings. The van der Waals surface area contributed by atoms with Crippen LogP contribution in [-0.2, 0) is 9.59 Å². The molecule has 11 heteroatoms. The van der Waals surface area contributed by atoms with Gasteiger partial charge in [0.25, 0.3) is 0 Å². The Morgan fingerprint density at radius 1 is 0.933 bits per heavy atom. The molecule has 174 valence electrons. The van der Waals surface area contributed by atoms with E-state index in [1.807, 2.05) is 12.2 Å². The SMILES string of the molecule is C.C=CCN(CC=C)C(=O)C(F)(F)F.C=CCNCC=C.O=C(O)C(F)(F)F.[2H]C#C. The molecule has 0 bridgehead atoms. The monoisotopic (exact) mass is 447 g/mol. The normalized spacial score (nSPS) is 9.43. The van der Waals surface area contributed by atoms with Crippen LogP contribution in [0.25, 0.3) is 0 Å². The summed E-state index contributed by atoms with van der Waals surface area (Å²) in [5, 5.41) is 10.2. The summed E-state index contributed by atoms with van der Waals surface area (Å²) in [6.07, 6.45) is 1.96. The summed E-state index contributed by atoms with van der Waals surface area (Å²) in [5.74, 6) is -4.63. The molecule has 1 amide bonds. The summed E-state index contributed by atoms with van der Waals surface area (Å²) in [7, 11) is 0. The van der Waals surface area contributed by atoms with Gasteiger partial charge in [0.15, 0.2) is 0 Å². The molecule has 0 aliphatic carbocycles. The quantitative estimate of drug-likeness (QED) is 0.253. The Labute approximate surface area is 174 Å². The number of terminal acetylenes is 1. The first-order valence-electron chi connectivity index (χ1n) is 7.88. The first-order chi connectivity index (χ1) is 13.7. The van der Waals surface area contributed by atoms with Gasteiger partial charge in [-0.1, -0.05) is 31.7 Å². The minimum Gasteiger partial charge on any atom is -0.475 e. The van der Waals surface area contributed by atoms with Crippen LogP contribution in [0.1, 0.15) is 8.80 Å². The van der Waals surface area contributed by atoms with Crippen LogP contribution in [0.3, 0.4) is 0 Å². The molecule has 2 N–H and O–H groups in total. The Hall–Kier alpha value is -3.00. The number of hydrogen-bond donors (Lipinski definition) is 2. The molecule has 0 aromatic carbocycles. The molecule has 0 rings (SSSR count). The third kappa shape index (κ3) is 27.2. The lowest BCUT2D eigenvalue weighted by atomic mass is 10.4. The maximum atomic E-state index is 11.9. The number of amides is 1. The number of nitrogens with zero attached hydrogens (tertiary/aromatic N) is 1. The fraction of sp³-hybridized carbons (Fsp3) is 0.368. The lowest BCUT2D eigenvalue weighted by Gasteiger charge is -2.20. The van der Waals surface area contributed by atoms with Crippen LogP contribution in [0.5, 0.6) is 0 Å². The van der Waals surface area contributed by atoms with Gasteiger partial charge in [-0.25, -0.2) is 4.79 Å². The van der Waals surface area contributed by atoms with Crippen molar-refractivity contribution in [3.63, 3.8) is 0 Å². The number of hydrogen-bond acceptors (Lipinski definition) is 3. The molecule has 0 saturated carbocycles. The standard InChI is InChI=1S/C8H10F3NO.C6H11N.C2HF3O2.C2H2.CH4/c1-3-5-12(6-4-2)7(13)8(9,10)11;1-3-5-7-6-4-2;3-2(4,5)1(6)7;1-2;/h3-4H,1-2,5-6H2;3-4,7H,1-2,5-6H2;(H,6,7);1-2H;1H4/i;;;1D;. The van der Waals surface area contributed by atoms with E-state index in [9.17, 15) is 31.1 Å². The molecule has 0 saturated heterocycles. The summed E-state index contributed by atoms with van der Waals surface area (Å²) >= 11 is 0. The number of carboxylic acid groups (broad SMARTS) is 1. The Kier molecular flexibility index (Phi) is 25.6. The van der Waals surface area contributed by atoms with Gasteiger partial charge in [-0.15, -0.1) is 39.1 Å². The van der Waals surface area contributed by atoms with Gasteiger partial charge >= 0.3 is 24.2 Å². The van der Waals surface area contributed by atoms with Crippen LogP contribution < -0.4 is 5.32 Å². The van der Waals surface area contributed by atoms with E-state index in [1.165, 1.54) is 18.6 Å². The summed E-state index contributed by atoms with van der Waals surface area (Å²) < 4.78 is 73.1. The number of halogens is 6. The number of nitrogens with one attached hydrogen (secondary N) is 1. The number of carbonyl (C=O) groups is 2. The summed E-state index contributed by atoms with van der Waals surface area (Å²) in [6, 6.07) is 0. The third-order valence-electron chi connectivity index (χ3n) is 2.05. The fourth-order valence-electron chi connectivity index (χ4n) is 1.02. The van der Waals surface area contributed by atoms with Crippen LogP contribution in [0, 0.1) is 12.8 Å². The summed E-state index contributed by atoms with van der Waals surface area (Å²) in [4.78, 5) is 20.2. The molecule has 0 unspecified atom stereocenters. The number of alkyl halides is 6. The van der Waals surface area contributed by atoms with Crippen LogP contribution in [-0.4, -0.2) is 60.4 Å². The molecule has 0 aliphatic heterocycles. The minimum atomic E-state index is -5.08. The van der Waals surface area contributed by atoms with E-state index in [0.29, 0.717) is 4.90 Å². The van der Waals surface area contributed by atoms with Crippen molar-refractivity contribution in [1.29, 1.82) is 0 Å². The van der Waals surface area contributed by atoms with E-state index >= 15 is 0 Å². The number of aliphatic carboxylic acids is 1. The van der Waals surface area contributed by atoms with Crippen molar-refractivity contribution >= 4 is 11.9 Å². The fourth-order valence-corrected chi connectivity index (χ4v) is 1.02.